The van der Waals surface area contributed by atoms with Crippen molar-refractivity contribution >= 4 is 39.8 Å². The van der Waals surface area contributed by atoms with Crippen molar-refractivity contribution in [2.45, 2.75) is 53.0 Å². The van der Waals surface area contributed by atoms with Crippen LogP contribution in [0, 0.1) is 5.92 Å². The van der Waals surface area contributed by atoms with Crippen LogP contribution in [0.2, 0.25) is 0 Å². The molecule has 3 N–H and O–H groups in total. The van der Waals surface area contributed by atoms with E-state index >= 15 is 0 Å². The number of carbonyl (C=O) groups excluding carboxylic acids is 3. The summed E-state index contributed by atoms with van der Waals surface area (Å²) >= 11 is 1.34. The van der Waals surface area contributed by atoms with Crippen LogP contribution in [0.15, 0.2) is 9.59 Å². The molecule has 0 saturated carbocycles. The van der Waals surface area contributed by atoms with Gasteiger partial charge in [-0.3, -0.25) is 23.5 Å². The standard InChI is InChI=1S/C22H28N4O6S/c1-11(2)9-26-18(23)17(20(29)25(4)22(26)31)14(28)10-32-21(30)16-13-7-5-6-8-15(13)33-19(16)24-12(3)27/h11H,5-10,23H2,1-4H3,(H,24,27). The average molecular weight is 477 g/mol. The molecule has 0 saturated heterocycles. The average Bonchev–Trinajstić information content (AvgIpc) is 3.10. The van der Waals surface area contributed by atoms with Crippen molar-refractivity contribution in [2.75, 3.05) is 17.7 Å². The van der Waals surface area contributed by atoms with Gasteiger partial charge in [0.25, 0.3) is 5.56 Å². The monoisotopic (exact) mass is 476 g/mol. The zero-order valence-electron chi connectivity index (χ0n) is 19.1. The SMILES string of the molecule is CC(=O)Nc1sc2c(c1C(=O)OCC(=O)c1c(N)n(CC(C)C)c(=O)n(C)c1=O)CCCC2. The Labute approximate surface area is 194 Å². The number of ether oxygens (including phenoxy) is 1. The molecule has 0 aliphatic heterocycles. The zero-order valence-corrected chi connectivity index (χ0v) is 20.0. The van der Waals surface area contributed by atoms with Gasteiger partial charge in [-0.25, -0.2) is 9.59 Å². The number of carbonyl (C=O) groups is 3. The fourth-order valence-corrected chi connectivity index (χ4v) is 5.22. The Hall–Kier alpha value is -3.21. The summed E-state index contributed by atoms with van der Waals surface area (Å²) in [5, 5.41) is 3.07. The first-order chi connectivity index (χ1) is 15.5. The van der Waals surface area contributed by atoms with Crippen molar-refractivity contribution in [1.29, 1.82) is 0 Å². The lowest BCUT2D eigenvalue weighted by Crippen LogP contribution is -2.43. The molecule has 1 amide bonds. The Morgan fingerprint density at radius 1 is 1.15 bits per heavy atom. The number of hydrogen-bond donors (Lipinski definition) is 2. The number of ketones is 1. The lowest BCUT2D eigenvalue weighted by molar-refractivity contribution is -0.114. The van der Waals surface area contributed by atoms with Crippen LogP contribution in [0.5, 0.6) is 0 Å². The van der Waals surface area contributed by atoms with Crippen LogP contribution in [0.3, 0.4) is 0 Å². The Balaban J connectivity index is 1.89. The second kappa shape index (κ2) is 9.74. The number of thiophene rings is 1. The topological polar surface area (TPSA) is 142 Å². The lowest BCUT2D eigenvalue weighted by atomic mass is 9.95. The Bertz CT molecular complexity index is 1240. The molecule has 2 aromatic heterocycles. The van der Waals surface area contributed by atoms with Crippen molar-refractivity contribution in [3.8, 4) is 0 Å². The number of nitrogen functional groups attached to an aromatic ring is 1. The first-order valence-electron chi connectivity index (χ1n) is 10.7. The van der Waals surface area contributed by atoms with Gasteiger partial charge in [-0.1, -0.05) is 13.8 Å². The van der Waals surface area contributed by atoms with E-state index in [0.29, 0.717) is 11.4 Å². The number of hydrogen-bond acceptors (Lipinski definition) is 8. The van der Waals surface area contributed by atoms with Crippen molar-refractivity contribution in [3.63, 3.8) is 0 Å². The van der Waals surface area contributed by atoms with E-state index in [0.717, 1.165) is 34.3 Å². The molecule has 0 bridgehead atoms. The molecule has 3 rings (SSSR count). The maximum absolute atomic E-state index is 12.9. The molecule has 0 fully saturated rings. The number of Topliss-reactive ketones (excluding diaryl/α,β-unsaturated/α-hetero) is 1. The third-order valence-corrected chi connectivity index (χ3v) is 6.62. The van der Waals surface area contributed by atoms with E-state index in [9.17, 15) is 24.0 Å². The van der Waals surface area contributed by atoms with Gasteiger partial charge in [-0.15, -0.1) is 11.3 Å². The summed E-state index contributed by atoms with van der Waals surface area (Å²) in [7, 11) is 1.26. The Morgan fingerprint density at radius 2 is 1.82 bits per heavy atom. The Kier molecular flexibility index (Phi) is 7.21. The van der Waals surface area contributed by atoms with Crippen LogP contribution < -0.4 is 22.3 Å². The number of anilines is 2. The van der Waals surface area contributed by atoms with Crippen LogP contribution in [-0.2, 0) is 36.0 Å². The van der Waals surface area contributed by atoms with Crippen LogP contribution in [-0.4, -0.2) is 33.4 Å². The number of nitrogens with two attached hydrogens (primary N) is 1. The number of rotatable bonds is 7. The summed E-state index contributed by atoms with van der Waals surface area (Å²) in [5.41, 5.74) is 5.25. The number of amides is 1. The van der Waals surface area contributed by atoms with Gasteiger partial charge >= 0.3 is 11.7 Å². The Morgan fingerprint density at radius 3 is 2.45 bits per heavy atom. The van der Waals surface area contributed by atoms with Gasteiger partial charge in [-0.2, -0.15) is 0 Å². The summed E-state index contributed by atoms with van der Waals surface area (Å²) in [5.74, 6) is -2.08. The van der Waals surface area contributed by atoms with Gasteiger partial charge in [0.1, 0.15) is 16.4 Å². The predicted molar refractivity (Wildman–Crippen MR) is 125 cm³/mol. The molecule has 1 aliphatic carbocycles. The number of aromatic nitrogens is 2. The highest BCUT2D eigenvalue weighted by atomic mass is 32.1. The first-order valence-corrected chi connectivity index (χ1v) is 11.6. The maximum Gasteiger partial charge on any atom is 0.341 e. The second-order valence-corrected chi connectivity index (χ2v) is 9.61. The third-order valence-electron chi connectivity index (χ3n) is 5.41. The van der Waals surface area contributed by atoms with Crippen LogP contribution in [0.25, 0.3) is 0 Å². The largest absolute Gasteiger partial charge is 0.454 e. The lowest BCUT2D eigenvalue weighted by Gasteiger charge is -2.16. The smallest absolute Gasteiger partial charge is 0.341 e. The van der Waals surface area contributed by atoms with Crippen molar-refractivity contribution in [1.82, 2.24) is 9.13 Å². The quantitative estimate of drug-likeness (QED) is 0.458. The van der Waals surface area contributed by atoms with Crippen molar-refractivity contribution in [3.05, 3.63) is 42.4 Å². The molecule has 10 nitrogen and oxygen atoms in total. The molecule has 0 aromatic carbocycles. The molecular weight excluding hydrogens is 448 g/mol. The van der Waals surface area contributed by atoms with E-state index in [-0.39, 0.29) is 35.3 Å². The molecule has 11 heteroatoms. The summed E-state index contributed by atoms with van der Waals surface area (Å²) in [6, 6.07) is 0. The number of aryl methyl sites for hydroxylation is 1. The zero-order chi connectivity index (χ0) is 24.4. The fraction of sp³-hybridized carbons (Fsp3) is 0.500. The molecule has 0 radical (unpaired) electrons. The molecule has 33 heavy (non-hydrogen) atoms. The molecule has 0 spiro atoms. The van der Waals surface area contributed by atoms with E-state index in [1.165, 1.54) is 29.9 Å². The van der Waals surface area contributed by atoms with Gasteiger partial charge < -0.3 is 15.8 Å². The predicted octanol–water partition coefficient (Wildman–Crippen LogP) is 1.72. The van der Waals surface area contributed by atoms with Gasteiger partial charge in [-0.05, 0) is 37.2 Å². The minimum atomic E-state index is -0.842. The number of esters is 1. The van der Waals surface area contributed by atoms with E-state index in [2.05, 4.69) is 5.32 Å². The highest BCUT2D eigenvalue weighted by molar-refractivity contribution is 7.17. The molecule has 0 unspecified atom stereocenters. The molecule has 2 heterocycles. The summed E-state index contributed by atoms with van der Waals surface area (Å²) in [6.45, 7) is 4.59. The third kappa shape index (κ3) is 4.92. The maximum atomic E-state index is 12.9. The van der Waals surface area contributed by atoms with Crippen LogP contribution in [0.1, 0.15) is 64.8 Å². The minimum absolute atomic E-state index is 0.0419. The summed E-state index contributed by atoms with van der Waals surface area (Å²) in [4.78, 5) is 63.4. The molecule has 1 aliphatic rings. The van der Waals surface area contributed by atoms with Gasteiger partial charge in [0, 0.05) is 25.4 Å². The van der Waals surface area contributed by atoms with Gasteiger partial charge in [0.2, 0.25) is 11.7 Å². The highest BCUT2D eigenvalue weighted by Gasteiger charge is 2.28. The molecular formula is C22H28N4O6S. The number of nitrogens with one attached hydrogen (secondary N) is 1. The van der Waals surface area contributed by atoms with E-state index in [4.69, 9.17) is 10.5 Å². The summed E-state index contributed by atoms with van der Waals surface area (Å²) < 4.78 is 7.26. The van der Waals surface area contributed by atoms with E-state index in [1.54, 1.807) is 0 Å². The van der Waals surface area contributed by atoms with E-state index < -0.39 is 29.6 Å². The highest BCUT2D eigenvalue weighted by Crippen LogP contribution is 2.38. The number of fused-ring (bicyclic) bond motifs is 1. The van der Waals surface area contributed by atoms with Crippen LogP contribution >= 0.6 is 11.3 Å². The molecule has 178 valence electrons. The van der Waals surface area contributed by atoms with Gasteiger partial charge in [0.05, 0.1) is 5.56 Å². The van der Waals surface area contributed by atoms with Crippen molar-refractivity contribution in [2.24, 2.45) is 13.0 Å². The van der Waals surface area contributed by atoms with Crippen molar-refractivity contribution < 1.29 is 19.1 Å². The number of nitrogens with zero attached hydrogens (tertiary/aromatic N) is 2. The van der Waals surface area contributed by atoms with E-state index in [1.807, 2.05) is 13.8 Å². The molecule has 0 atom stereocenters. The molecule has 2 aromatic rings. The van der Waals surface area contributed by atoms with Gasteiger partial charge in [0.15, 0.2) is 6.61 Å². The first kappa shape index (κ1) is 24.4. The fourth-order valence-electron chi connectivity index (χ4n) is 3.89. The second-order valence-electron chi connectivity index (χ2n) is 8.51. The van der Waals surface area contributed by atoms with Crippen LogP contribution in [0.4, 0.5) is 10.8 Å². The normalized spacial score (nSPS) is 13.0. The minimum Gasteiger partial charge on any atom is -0.454 e. The summed E-state index contributed by atoms with van der Waals surface area (Å²) in [6.07, 6.45) is 3.39.